The lowest BCUT2D eigenvalue weighted by molar-refractivity contribution is 0.0650. The molecule has 0 unspecified atom stereocenters. The zero-order valence-electron chi connectivity index (χ0n) is 15.2. The maximum atomic E-state index is 10.4. The first-order chi connectivity index (χ1) is 12.0. The molecular weight excluding hydrogens is 312 g/mol. The van der Waals surface area contributed by atoms with E-state index in [1.54, 1.807) is 13.8 Å². The Kier molecular flexibility index (Phi) is 5.09. The summed E-state index contributed by atoms with van der Waals surface area (Å²) in [6.07, 6.45) is 1.92. The molecule has 0 aliphatic carbocycles. The number of ether oxygens (including phenoxy) is 1. The second-order valence-electron chi connectivity index (χ2n) is 6.96. The van der Waals surface area contributed by atoms with Crippen molar-refractivity contribution in [2.75, 3.05) is 6.61 Å². The number of para-hydroxylation sites is 3. The Morgan fingerprint density at radius 1 is 1.04 bits per heavy atom. The SMILES string of the molecule is Cc1ccccc1OCCCCn1c(C(C)(C)O)nc2ccccc21. The van der Waals surface area contributed by atoms with E-state index >= 15 is 0 Å². The third-order valence-electron chi connectivity index (χ3n) is 4.33. The van der Waals surface area contributed by atoms with Crippen molar-refractivity contribution in [3.05, 3.63) is 59.9 Å². The standard InChI is InChI=1S/C21H26N2O2/c1-16-10-4-7-13-19(16)25-15-9-8-14-23-18-12-6-5-11-17(18)22-20(23)21(2,3)24/h4-7,10-13,24H,8-9,14-15H2,1-3H3. The molecule has 25 heavy (non-hydrogen) atoms. The molecule has 1 heterocycles. The van der Waals surface area contributed by atoms with E-state index in [4.69, 9.17) is 4.74 Å². The zero-order chi connectivity index (χ0) is 17.9. The molecule has 1 N–H and O–H groups in total. The Morgan fingerprint density at radius 2 is 1.76 bits per heavy atom. The van der Waals surface area contributed by atoms with Crippen LogP contribution in [0.3, 0.4) is 0 Å². The number of hydrogen-bond donors (Lipinski definition) is 1. The van der Waals surface area contributed by atoms with Crippen LogP contribution in [-0.4, -0.2) is 21.3 Å². The van der Waals surface area contributed by atoms with Gasteiger partial charge in [0.15, 0.2) is 0 Å². The predicted molar refractivity (Wildman–Crippen MR) is 101 cm³/mol. The molecule has 0 fully saturated rings. The van der Waals surface area contributed by atoms with Gasteiger partial charge in [-0.05, 0) is 57.4 Å². The van der Waals surface area contributed by atoms with Crippen LogP contribution >= 0.6 is 0 Å². The van der Waals surface area contributed by atoms with E-state index in [0.717, 1.165) is 41.7 Å². The number of imidazole rings is 1. The van der Waals surface area contributed by atoms with Gasteiger partial charge in [0.2, 0.25) is 0 Å². The highest BCUT2D eigenvalue weighted by molar-refractivity contribution is 5.76. The molecule has 2 aromatic carbocycles. The van der Waals surface area contributed by atoms with Crippen molar-refractivity contribution >= 4 is 11.0 Å². The molecule has 0 radical (unpaired) electrons. The summed E-state index contributed by atoms with van der Waals surface area (Å²) in [5, 5.41) is 10.4. The van der Waals surface area contributed by atoms with E-state index < -0.39 is 5.60 Å². The van der Waals surface area contributed by atoms with Crippen molar-refractivity contribution in [1.29, 1.82) is 0 Å². The third-order valence-corrected chi connectivity index (χ3v) is 4.33. The van der Waals surface area contributed by atoms with Crippen molar-refractivity contribution in [1.82, 2.24) is 9.55 Å². The molecule has 4 heteroatoms. The molecule has 0 aliphatic heterocycles. The van der Waals surface area contributed by atoms with Gasteiger partial charge >= 0.3 is 0 Å². The summed E-state index contributed by atoms with van der Waals surface area (Å²) in [4.78, 5) is 4.62. The summed E-state index contributed by atoms with van der Waals surface area (Å²) in [7, 11) is 0. The monoisotopic (exact) mass is 338 g/mol. The highest BCUT2D eigenvalue weighted by Gasteiger charge is 2.24. The third kappa shape index (κ3) is 4.02. The first-order valence-electron chi connectivity index (χ1n) is 8.83. The Hall–Kier alpha value is -2.33. The number of benzene rings is 2. The normalized spacial score (nSPS) is 11.8. The fraction of sp³-hybridized carbons (Fsp3) is 0.381. The molecule has 0 spiro atoms. The summed E-state index contributed by atoms with van der Waals surface area (Å²) >= 11 is 0. The lowest BCUT2D eigenvalue weighted by Crippen LogP contribution is -2.22. The average molecular weight is 338 g/mol. The maximum absolute atomic E-state index is 10.4. The summed E-state index contributed by atoms with van der Waals surface area (Å²) < 4.78 is 8.00. The van der Waals surface area contributed by atoms with Crippen LogP contribution in [0.15, 0.2) is 48.5 Å². The van der Waals surface area contributed by atoms with Crippen molar-refractivity contribution < 1.29 is 9.84 Å². The Labute approximate surface area is 149 Å². The first-order valence-corrected chi connectivity index (χ1v) is 8.83. The predicted octanol–water partition coefficient (Wildman–Crippen LogP) is 4.43. The van der Waals surface area contributed by atoms with Gasteiger partial charge < -0.3 is 14.4 Å². The molecule has 0 saturated carbocycles. The molecule has 3 rings (SSSR count). The van der Waals surface area contributed by atoms with E-state index in [9.17, 15) is 5.11 Å². The summed E-state index contributed by atoms with van der Waals surface area (Å²) in [5.41, 5.74) is 2.19. The van der Waals surface area contributed by atoms with Crippen LogP contribution in [0.2, 0.25) is 0 Å². The number of nitrogens with zero attached hydrogens (tertiary/aromatic N) is 2. The van der Waals surface area contributed by atoms with Gasteiger partial charge in [-0.1, -0.05) is 30.3 Å². The minimum absolute atomic E-state index is 0.690. The molecule has 132 valence electrons. The van der Waals surface area contributed by atoms with Gasteiger partial charge in [-0.3, -0.25) is 0 Å². The van der Waals surface area contributed by atoms with Gasteiger partial charge in [-0.25, -0.2) is 4.98 Å². The molecule has 0 amide bonds. The largest absolute Gasteiger partial charge is 0.493 e. The summed E-state index contributed by atoms with van der Waals surface area (Å²) in [6.45, 7) is 7.13. The smallest absolute Gasteiger partial charge is 0.141 e. The van der Waals surface area contributed by atoms with E-state index in [2.05, 4.69) is 28.6 Å². The second-order valence-corrected chi connectivity index (χ2v) is 6.96. The molecule has 0 aliphatic rings. The number of aryl methyl sites for hydroxylation is 2. The van der Waals surface area contributed by atoms with Crippen LogP contribution in [0.25, 0.3) is 11.0 Å². The fourth-order valence-corrected chi connectivity index (χ4v) is 3.04. The van der Waals surface area contributed by atoms with Crippen molar-refractivity contribution in [2.45, 2.75) is 45.8 Å². The number of aliphatic hydroxyl groups is 1. The fourth-order valence-electron chi connectivity index (χ4n) is 3.04. The first kappa shape index (κ1) is 17.5. The topological polar surface area (TPSA) is 47.3 Å². The van der Waals surface area contributed by atoms with Crippen LogP contribution < -0.4 is 4.74 Å². The van der Waals surface area contributed by atoms with Gasteiger partial charge in [0.05, 0.1) is 17.6 Å². The Balaban J connectivity index is 1.64. The van der Waals surface area contributed by atoms with Crippen LogP contribution in [-0.2, 0) is 12.1 Å². The van der Waals surface area contributed by atoms with Crippen LogP contribution in [0.1, 0.15) is 38.1 Å². The van der Waals surface area contributed by atoms with Gasteiger partial charge in [-0.15, -0.1) is 0 Å². The molecule has 0 atom stereocenters. The highest BCUT2D eigenvalue weighted by Crippen LogP contribution is 2.25. The lowest BCUT2D eigenvalue weighted by atomic mass is 10.1. The summed E-state index contributed by atoms with van der Waals surface area (Å²) in [5.74, 6) is 1.67. The average Bonchev–Trinajstić information content (AvgIpc) is 2.95. The van der Waals surface area contributed by atoms with Gasteiger partial charge in [0.25, 0.3) is 0 Å². The number of aromatic nitrogens is 2. The van der Waals surface area contributed by atoms with Gasteiger partial charge in [0, 0.05) is 6.54 Å². The molecule has 1 aromatic heterocycles. The maximum Gasteiger partial charge on any atom is 0.141 e. The summed E-state index contributed by atoms with van der Waals surface area (Å²) in [6, 6.07) is 16.1. The van der Waals surface area contributed by atoms with Crippen molar-refractivity contribution in [3.63, 3.8) is 0 Å². The minimum Gasteiger partial charge on any atom is -0.493 e. The zero-order valence-corrected chi connectivity index (χ0v) is 15.2. The quantitative estimate of drug-likeness (QED) is 0.648. The van der Waals surface area contributed by atoms with E-state index in [1.165, 1.54) is 0 Å². The van der Waals surface area contributed by atoms with E-state index in [-0.39, 0.29) is 0 Å². The van der Waals surface area contributed by atoms with Crippen LogP contribution in [0.5, 0.6) is 5.75 Å². The highest BCUT2D eigenvalue weighted by atomic mass is 16.5. The molecule has 0 bridgehead atoms. The van der Waals surface area contributed by atoms with Crippen molar-refractivity contribution in [3.8, 4) is 5.75 Å². The number of rotatable bonds is 7. The molecule has 3 aromatic rings. The van der Waals surface area contributed by atoms with Gasteiger partial charge in [-0.2, -0.15) is 0 Å². The molecule has 4 nitrogen and oxygen atoms in total. The molecule has 0 saturated heterocycles. The Bertz CT molecular complexity index is 846. The Morgan fingerprint density at radius 3 is 2.52 bits per heavy atom. The lowest BCUT2D eigenvalue weighted by Gasteiger charge is -2.19. The van der Waals surface area contributed by atoms with E-state index in [0.29, 0.717) is 12.4 Å². The minimum atomic E-state index is -0.962. The van der Waals surface area contributed by atoms with Crippen LogP contribution in [0, 0.1) is 6.92 Å². The van der Waals surface area contributed by atoms with Crippen molar-refractivity contribution in [2.24, 2.45) is 0 Å². The molecular formula is C21H26N2O2. The second kappa shape index (κ2) is 7.28. The van der Waals surface area contributed by atoms with E-state index in [1.807, 2.05) is 36.4 Å². The number of hydrogen-bond acceptors (Lipinski definition) is 3. The number of unbranched alkanes of at least 4 members (excludes halogenated alkanes) is 1. The van der Waals surface area contributed by atoms with Gasteiger partial charge in [0.1, 0.15) is 17.2 Å². The van der Waals surface area contributed by atoms with Crippen LogP contribution in [0.4, 0.5) is 0 Å². The number of fused-ring (bicyclic) bond motifs is 1.